The third kappa shape index (κ3) is 2.42. The highest BCUT2D eigenvalue weighted by molar-refractivity contribution is 5.77. The highest BCUT2D eigenvalue weighted by Crippen LogP contribution is 2.23. The van der Waals surface area contributed by atoms with E-state index in [9.17, 15) is 4.79 Å². The zero-order valence-corrected chi connectivity index (χ0v) is 11.8. The molecule has 0 aliphatic carbocycles. The number of piperidine rings is 1. The molecule has 1 aliphatic rings. The summed E-state index contributed by atoms with van der Waals surface area (Å²) in [5.41, 5.74) is 2.09. The molecule has 0 bridgehead atoms. The molecule has 18 heavy (non-hydrogen) atoms. The van der Waals surface area contributed by atoms with Crippen LogP contribution in [0.4, 0.5) is 0 Å². The lowest BCUT2D eigenvalue weighted by Gasteiger charge is -2.39. The van der Waals surface area contributed by atoms with Crippen molar-refractivity contribution in [3.05, 3.63) is 17.7 Å². The first kappa shape index (κ1) is 13.1. The van der Waals surface area contributed by atoms with Crippen LogP contribution in [0.15, 0.2) is 6.33 Å². The fourth-order valence-corrected chi connectivity index (χ4v) is 2.84. The molecule has 4 nitrogen and oxygen atoms in total. The van der Waals surface area contributed by atoms with E-state index < -0.39 is 0 Å². The van der Waals surface area contributed by atoms with E-state index in [0.717, 1.165) is 24.2 Å². The Labute approximate surface area is 109 Å². The molecule has 1 amide bonds. The number of imidazole rings is 1. The Bertz CT molecular complexity index is 428. The van der Waals surface area contributed by atoms with Crippen LogP contribution in [0.3, 0.4) is 0 Å². The Kier molecular flexibility index (Phi) is 3.73. The van der Waals surface area contributed by atoms with Gasteiger partial charge in [0.25, 0.3) is 0 Å². The second kappa shape index (κ2) is 5.12. The second-order valence-corrected chi connectivity index (χ2v) is 5.47. The van der Waals surface area contributed by atoms with Gasteiger partial charge in [0.1, 0.15) is 6.54 Å². The van der Waals surface area contributed by atoms with Crippen LogP contribution in [0, 0.1) is 13.8 Å². The Balaban J connectivity index is 2.09. The highest BCUT2D eigenvalue weighted by Gasteiger charge is 2.28. The molecule has 0 radical (unpaired) electrons. The number of rotatable bonds is 2. The maximum Gasteiger partial charge on any atom is 0.243 e. The number of hydrogen-bond donors (Lipinski definition) is 0. The summed E-state index contributed by atoms with van der Waals surface area (Å²) in [7, 11) is 0. The predicted octanol–water partition coefficient (Wildman–Crippen LogP) is 2.29. The Morgan fingerprint density at radius 3 is 2.44 bits per heavy atom. The molecular weight excluding hydrogens is 226 g/mol. The predicted molar refractivity (Wildman–Crippen MR) is 71.3 cm³/mol. The first-order valence-electron chi connectivity index (χ1n) is 6.80. The summed E-state index contributed by atoms with van der Waals surface area (Å²) in [5.74, 6) is 0.218. The van der Waals surface area contributed by atoms with Gasteiger partial charge in [-0.3, -0.25) is 4.79 Å². The molecule has 0 unspecified atom stereocenters. The first-order valence-corrected chi connectivity index (χ1v) is 6.80. The topological polar surface area (TPSA) is 38.1 Å². The minimum Gasteiger partial charge on any atom is -0.336 e. The monoisotopic (exact) mass is 249 g/mol. The average molecular weight is 249 g/mol. The Hall–Kier alpha value is -1.32. The van der Waals surface area contributed by atoms with Crippen molar-refractivity contribution in [1.29, 1.82) is 0 Å². The third-order valence-corrected chi connectivity index (χ3v) is 4.13. The van der Waals surface area contributed by atoms with Crippen LogP contribution in [-0.4, -0.2) is 32.4 Å². The lowest BCUT2D eigenvalue weighted by atomic mass is 9.97. The number of carbonyl (C=O) groups is 1. The van der Waals surface area contributed by atoms with Gasteiger partial charge in [0.05, 0.1) is 12.0 Å². The Morgan fingerprint density at radius 2 is 1.94 bits per heavy atom. The lowest BCUT2D eigenvalue weighted by molar-refractivity contribution is -0.137. The number of carbonyl (C=O) groups excluding carboxylic acids is 1. The number of nitrogens with zero attached hydrogens (tertiary/aromatic N) is 3. The van der Waals surface area contributed by atoms with Crippen molar-refractivity contribution in [3.63, 3.8) is 0 Å². The zero-order chi connectivity index (χ0) is 13.3. The normalized spacial score (nSPS) is 24.3. The summed E-state index contributed by atoms with van der Waals surface area (Å²) in [6, 6.07) is 0.734. The van der Waals surface area contributed by atoms with Gasteiger partial charge in [-0.2, -0.15) is 0 Å². The van der Waals surface area contributed by atoms with E-state index in [1.165, 1.54) is 6.42 Å². The van der Waals surface area contributed by atoms with Crippen LogP contribution in [0.1, 0.15) is 44.5 Å². The molecule has 1 fully saturated rings. The van der Waals surface area contributed by atoms with E-state index >= 15 is 0 Å². The molecular formula is C14H23N3O. The van der Waals surface area contributed by atoms with Crippen LogP contribution < -0.4 is 0 Å². The molecule has 0 N–H and O–H groups in total. The van der Waals surface area contributed by atoms with Crippen molar-refractivity contribution < 1.29 is 4.79 Å². The van der Waals surface area contributed by atoms with Gasteiger partial charge >= 0.3 is 0 Å². The molecule has 0 spiro atoms. The zero-order valence-electron chi connectivity index (χ0n) is 11.8. The van der Waals surface area contributed by atoms with Gasteiger partial charge in [0.15, 0.2) is 0 Å². The number of aromatic nitrogens is 2. The maximum absolute atomic E-state index is 12.4. The van der Waals surface area contributed by atoms with Crippen molar-refractivity contribution in [1.82, 2.24) is 14.5 Å². The largest absolute Gasteiger partial charge is 0.336 e. The minimum absolute atomic E-state index is 0.218. The van der Waals surface area contributed by atoms with E-state index in [1.807, 2.05) is 18.4 Å². The summed E-state index contributed by atoms with van der Waals surface area (Å²) in [6.45, 7) is 8.71. The van der Waals surface area contributed by atoms with Crippen molar-refractivity contribution in [3.8, 4) is 0 Å². The van der Waals surface area contributed by atoms with Gasteiger partial charge in [-0.05, 0) is 47.0 Å². The van der Waals surface area contributed by atoms with E-state index in [-0.39, 0.29) is 5.91 Å². The minimum atomic E-state index is 0.218. The summed E-state index contributed by atoms with van der Waals surface area (Å²) >= 11 is 0. The quantitative estimate of drug-likeness (QED) is 0.806. The second-order valence-electron chi connectivity index (χ2n) is 5.47. The fourth-order valence-electron chi connectivity index (χ4n) is 2.84. The van der Waals surface area contributed by atoms with E-state index in [2.05, 4.69) is 23.7 Å². The van der Waals surface area contributed by atoms with Crippen molar-refractivity contribution in [2.75, 3.05) is 0 Å². The molecule has 1 aromatic heterocycles. The van der Waals surface area contributed by atoms with Crippen molar-refractivity contribution >= 4 is 5.91 Å². The summed E-state index contributed by atoms with van der Waals surface area (Å²) in [6.07, 6.45) is 5.24. The Morgan fingerprint density at radius 1 is 1.33 bits per heavy atom. The van der Waals surface area contributed by atoms with Gasteiger partial charge in [-0.15, -0.1) is 0 Å². The van der Waals surface area contributed by atoms with Crippen LogP contribution in [-0.2, 0) is 11.3 Å². The van der Waals surface area contributed by atoms with Gasteiger partial charge in [0, 0.05) is 17.8 Å². The molecule has 1 saturated heterocycles. The molecule has 0 saturated carbocycles. The molecule has 2 atom stereocenters. The summed E-state index contributed by atoms with van der Waals surface area (Å²) < 4.78 is 1.95. The smallest absolute Gasteiger partial charge is 0.243 e. The van der Waals surface area contributed by atoms with Crippen molar-refractivity contribution in [2.24, 2.45) is 0 Å². The van der Waals surface area contributed by atoms with Crippen LogP contribution in [0.5, 0.6) is 0 Å². The first-order chi connectivity index (χ1) is 8.50. The van der Waals surface area contributed by atoms with Crippen LogP contribution in [0.2, 0.25) is 0 Å². The molecule has 2 rings (SSSR count). The molecule has 1 aliphatic heterocycles. The summed E-state index contributed by atoms with van der Waals surface area (Å²) in [5, 5.41) is 0. The third-order valence-electron chi connectivity index (χ3n) is 4.13. The number of likely N-dealkylation sites (tertiary alicyclic amines) is 1. The van der Waals surface area contributed by atoms with Crippen molar-refractivity contribution in [2.45, 2.75) is 65.6 Å². The molecule has 2 heterocycles. The number of hydrogen-bond acceptors (Lipinski definition) is 2. The van der Waals surface area contributed by atoms with Crippen LogP contribution in [0.25, 0.3) is 0 Å². The van der Waals surface area contributed by atoms with Crippen LogP contribution >= 0.6 is 0 Å². The van der Waals surface area contributed by atoms with E-state index in [0.29, 0.717) is 18.6 Å². The van der Waals surface area contributed by atoms with Gasteiger partial charge < -0.3 is 9.47 Å². The highest BCUT2D eigenvalue weighted by atomic mass is 16.2. The molecule has 4 heteroatoms. The van der Waals surface area contributed by atoms with Gasteiger partial charge in [-0.25, -0.2) is 4.98 Å². The standard InChI is InChI=1S/C14H23N3O/c1-10-6-5-7-11(2)17(10)14(18)8-16-9-15-12(3)13(16)4/h9-11H,5-8H2,1-4H3/t10-,11-/m1/s1. The molecule has 0 aromatic carbocycles. The molecule has 100 valence electrons. The lowest BCUT2D eigenvalue weighted by Crippen LogP contribution is -2.48. The molecule has 1 aromatic rings. The summed E-state index contributed by atoms with van der Waals surface area (Å²) in [4.78, 5) is 18.7. The van der Waals surface area contributed by atoms with E-state index in [1.54, 1.807) is 6.33 Å². The number of aryl methyl sites for hydroxylation is 1. The van der Waals surface area contributed by atoms with E-state index in [4.69, 9.17) is 0 Å². The average Bonchev–Trinajstić information content (AvgIpc) is 2.61. The maximum atomic E-state index is 12.4. The van der Waals surface area contributed by atoms with Gasteiger partial charge in [-0.1, -0.05) is 0 Å². The SMILES string of the molecule is Cc1ncn(CC(=O)N2[C@H](C)CCC[C@H]2C)c1C. The fraction of sp³-hybridized carbons (Fsp3) is 0.714. The van der Waals surface area contributed by atoms with Gasteiger partial charge in [0.2, 0.25) is 5.91 Å². The number of amides is 1.